The molecule has 0 radical (unpaired) electrons. The highest BCUT2D eigenvalue weighted by molar-refractivity contribution is 5.78. The van der Waals surface area contributed by atoms with Gasteiger partial charge in [0.2, 0.25) is 5.91 Å². The summed E-state index contributed by atoms with van der Waals surface area (Å²) < 4.78 is 5.47. The Kier molecular flexibility index (Phi) is 3.69. The zero-order valence-electron chi connectivity index (χ0n) is 8.03. The van der Waals surface area contributed by atoms with Crippen molar-refractivity contribution in [1.29, 1.82) is 0 Å². The standard InChI is InChI=1S/C9H18N2O2/c1-6(9(11)12)13-8-4-2-7(10)3-5-8/h6-8H,2-5,10H2,1H3,(H2,11,12). The van der Waals surface area contributed by atoms with Crippen molar-refractivity contribution in [3.8, 4) is 0 Å². The molecule has 1 atom stereocenters. The van der Waals surface area contributed by atoms with E-state index >= 15 is 0 Å². The lowest BCUT2D eigenvalue weighted by Gasteiger charge is -2.27. The van der Waals surface area contributed by atoms with Crippen LogP contribution in [0.25, 0.3) is 0 Å². The maximum Gasteiger partial charge on any atom is 0.246 e. The maximum absolute atomic E-state index is 10.7. The molecule has 0 saturated heterocycles. The molecule has 1 amide bonds. The number of amides is 1. The van der Waals surface area contributed by atoms with Crippen molar-refractivity contribution in [3.05, 3.63) is 0 Å². The van der Waals surface area contributed by atoms with E-state index < -0.39 is 12.0 Å². The Morgan fingerprint density at radius 3 is 2.38 bits per heavy atom. The molecule has 0 aromatic heterocycles. The highest BCUT2D eigenvalue weighted by Crippen LogP contribution is 2.20. The van der Waals surface area contributed by atoms with Gasteiger partial charge in [-0.15, -0.1) is 0 Å². The Bertz CT molecular complexity index is 176. The first-order valence-corrected chi connectivity index (χ1v) is 4.80. The molecule has 76 valence electrons. The second-order valence-electron chi connectivity index (χ2n) is 3.72. The first-order chi connectivity index (χ1) is 6.09. The van der Waals surface area contributed by atoms with Crippen LogP contribution in [0.3, 0.4) is 0 Å². The fourth-order valence-electron chi connectivity index (χ4n) is 1.58. The van der Waals surface area contributed by atoms with Crippen LogP contribution in [0.5, 0.6) is 0 Å². The van der Waals surface area contributed by atoms with Gasteiger partial charge in [0.05, 0.1) is 6.10 Å². The van der Waals surface area contributed by atoms with Crippen LogP contribution in [0.4, 0.5) is 0 Å². The molecule has 1 unspecified atom stereocenters. The Balaban J connectivity index is 2.26. The second-order valence-corrected chi connectivity index (χ2v) is 3.72. The van der Waals surface area contributed by atoms with Gasteiger partial charge in [0.1, 0.15) is 6.10 Å². The second kappa shape index (κ2) is 4.58. The third-order valence-electron chi connectivity index (χ3n) is 2.52. The van der Waals surface area contributed by atoms with E-state index in [-0.39, 0.29) is 6.10 Å². The van der Waals surface area contributed by atoms with E-state index in [1.54, 1.807) is 6.92 Å². The molecule has 0 spiro atoms. The highest BCUT2D eigenvalue weighted by atomic mass is 16.5. The fourth-order valence-corrected chi connectivity index (χ4v) is 1.58. The van der Waals surface area contributed by atoms with Crippen molar-refractivity contribution in [2.45, 2.75) is 50.9 Å². The Labute approximate surface area is 78.6 Å². The molecule has 4 heteroatoms. The topological polar surface area (TPSA) is 78.3 Å². The lowest BCUT2D eigenvalue weighted by atomic mass is 9.93. The average molecular weight is 186 g/mol. The maximum atomic E-state index is 10.7. The quantitative estimate of drug-likeness (QED) is 0.658. The van der Waals surface area contributed by atoms with E-state index in [2.05, 4.69) is 0 Å². The fraction of sp³-hybridized carbons (Fsp3) is 0.889. The third kappa shape index (κ3) is 3.32. The number of carbonyl (C=O) groups is 1. The number of hydrogen-bond acceptors (Lipinski definition) is 3. The molecule has 1 aliphatic rings. The van der Waals surface area contributed by atoms with Crippen molar-refractivity contribution < 1.29 is 9.53 Å². The number of nitrogens with two attached hydrogens (primary N) is 2. The monoisotopic (exact) mass is 186 g/mol. The van der Waals surface area contributed by atoms with Gasteiger partial charge in [0, 0.05) is 6.04 Å². The molecule has 0 heterocycles. The summed E-state index contributed by atoms with van der Waals surface area (Å²) in [7, 11) is 0. The van der Waals surface area contributed by atoms with E-state index in [0.29, 0.717) is 6.04 Å². The van der Waals surface area contributed by atoms with Crippen LogP contribution < -0.4 is 11.5 Å². The van der Waals surface area contributed by atoms with Gasteiger partial charge in [-0.25, -0.2) is 0 Å². The van der Waals surface area contributed by atoms with E-state index in [9.17, 15) is 4.79 Å². The lowest BCUT2D eigenvalue weighted by molar-refractivity contribution is -0.133. The summed E-state index contributed by atoms with van der Waals surface area (Å²) in [6.45, 7) is 1.69. The van der Waals surface area contributed by atoms with E-state index in [0.717, 1.165) is 25.7 Å². The summed E-state index contributed by atoms with van der Waals surface area (Å²) >= 11 is 0. The highest BCUT2D eigenvalue weighted by Gasteiger charge is 2.22. The van der Waals surface area contributed by atoms with Crippen molar-refractivity contribution >= 4 is 5.91 Å². The Hall–Kier alpha value is -0.610. The van der Waals surface area contributed by atoms with Crippen LogP contribution >= 0.6 is 0 Å². The summed E-state index contributed by atoms with van der Waals surface area (Å²) in [5, 5.41) is 0. The molecule has 13 heavy (non-hydrogen) atoms. The number of rotatable bonds is 3. The summed E-state index contributed by atoms with van der Waals surface area (Å²) in [5.41, 5.74) is 10.8. The van der Waals surface area contributed by atoms with E-state index in [4.69, 9.17) is 16.2 Å². The van der Waals surface area contributed by atoms with Gasteiger partial charge < -0.3 is 16.2 Å². The number of carbonyl (C=O) groups excluding carboxylic acids is 1. The molecule has 0 bridgehead atoms. The van der Waals surface area contributed by atoms with Gasteiger partial charge in [-0.3, -0.25) is 4.79 Å². The van der Waals surface area contributed by atoms with Crippen LogP contribution in [0.15, 0.2) is 0 Å². The van der Waals surface area contributed by atoms with Gasteiger partial charge in [-0.05, 0) is 32.6 Å². The summed E-state index contributed by atoms with van der Waals surface area (Å²) in [6, 6.07) is 0.309. The number of hydrogen-bond donors (Lipinski definition) is 2. The summed E-state index contributed by atoms with van der Waals surface area (Å²) in [5.74, 6) is -0.394. The van der Waals surface area contributed by atoms with Crippen LogP contribution in [0, 0.1) is 0 Å². The SMILES string of the molecule is CC(OC1CCC(N)CC1)C(N)=O. The van der Waals surface area contributed by atoms with Crippen LogP contribution in [0.1, 0.15) is 32.6 Å². The molecule has 0 aliphatic heterocycles. The molecule has 0 aromatic carbocycles. The molecular formula is C9H18N2O2. The third-order valence-corrected chi connectivity index (χ3v) is 2.52. The Morgan fingerprint density at radius 1 is 1.38 bits per heavy atom. The van der Waals surface area contributed by atoms with E-state index in [1.807, 2.05) is 0 Å². The zero-order chi connectivity index (χ0) is 9.84. The number of primary amides is 1. The molecule has 1 rings (SSSR count). The molecule has 1 saturated carbocycles. The first-order valence-electron chi connectivity index (χ1n) is 4.80. The average Bonchev–Trinajstić information content (AvgIpc) is 2.08. The van der Waals surface area contributed by atoms with Crippen molar-refractivity contribution in [2.75, 3.05) is 0 Å². The molecule has 4 nitrogen and oxygen atoms in total. The smallest absolute Gasteiger partial charge is 0.246 e. The summed E-state index contributed by atoms with van der Waals surface area (Å²) in [4.78, 5) is 10.7. The van der Waals surface area contributed by atoms with Crippen LogP contribution in [0.2, 0.25) is 0 Å². The molecule has 4 N–H and O–H groups in total. The van der Waals surface area contributed by atoms with Gasteiger partial charge in [0.15, 0.2) is 0 Å². The van der Waals surface area contributed by atoms with Crippen LogP contribution in [-0.2, 0) is 9.53 Å². The molecular weight excluding hydrogens is 168 g/mol. The van der Waals surface area contributed by atoms with E-state index in [1.165, 1.54) is 0 Å². The van der Waals surface area contributed by atoms with Crippen molar-refractivity contribution in [2.24, 2.45) is 11.5 Å². The number of ether oxygens (including phenoxy) is 1. The lowest BCUT2D eigenvalue weighted by Crippen LogP contribution is -2.36. The normalized spacial score (nSPS) is 31.2. The van der Waals surface area contributed by atoms with Gasteiger partial charge in [-0.1, -0.05) is 0 Å². The van der Waals surface area contributed by atoms with Crippen molar-refractivity contribution in [1.82, 2.24) is 0 Å². The minimum Gasteiger partial charge on any atom is -0.367 e. The summed E-state index contributed by atoms with van der Waals surface area (Å²) in [6.07, 6.45) is 3.55. The molecule has 1 aliphatic carbocycles. The van der Waals surface area contributed by atoms with Gasteiger partial charge >= 0.3 is 0 Å². The molecule has 0 aromatic rings. The Morgan fingerprint density at radius 2 is 1.92 bits per heavy atom. The first kappa shape index (κ1) is 10.5. The van der Waals surface area contributed by atoms with Gasteiger partial charge in [-0.2, -0.15) is 0 Å². The van der Waals surface area contributed by atoms with Gasteiger partial charge in [0.25, 0.3) is 0 Å². The predicted octanol–water partition coefficient (Wildman–Crippen LogP) is 0.147. The molecule has 1 fully saturated rings. The van der Waals surface area contributed by atoms with Crippen LogP contribution in [-0.4, -0.2) is 24.2 Å². The minimum atomic E-state index is -0.473. The zero-order valence-corrected chi connectivity index (χ0v) is 8.03. The largest absolute Gasteiger partial charge is 0.367 e. The minimum absolute atomic E-state index is 0.169. The predicted molar refractivity (Wildman–Crippen MR) is 50.0 cm³/mol. The van der Waals surface area contributed by atoms with Crippen molar-refractivity contribution in [3.63, 3.8) is 0 Å².